The van der Waals surface area contributed by atoms with Gasteiger partial charge >= 0.3 is 0 Å². The van der Waals surface area contributed by atoms with Crippen molar-refractivity contribution in [2.75, 3.05) is 11.9 Å². The van der Waals surface area contributed by atoms with Gasteiger partial charge in [0.05, 0.1) is 0 Å². The number of rotatable bonds is 5. The standard InChI is InChI=1S/C14H22N2O/c1-10(2)15-9-8-13(17)16-14-11(3)6-5-7-12(14)4/h5-7,10,15H,8-9H2,1-4H3,(H,16,17). The first-order chi connectivity index (χ1) is 8.00. The second-order valence-electron chi connectivity index (χ2n) is 4.67. The van der Waals surface area contributed by atoms with Crippen molar-refractivity contribution in [3.8, 4) is 0 Å². The van der Waals surface area contributed by atoms with Gasteiger partial charge in [-0.15, -0.1) is 0 Å². The normalized spacial score (nSPS) is 10.6. The summed E-state index contributed by atoms with van der Waals surface area (Å²) in [6, 6.07) is 6.44. The van der Waals surface area contributed by atoms with E-state index in [-0.39, 0.29) is 5.91 Å². The zero-order valence-corrected chi connectivity index (χ0v) is 11.1. The monoisotopic (exact) mass is 234 g/mol. The molecule has 3 nitrogen and oxygen atoms in total. The smallest absolute Gasteiger partial charge is 0.225 e. The summed E-state index contributed by atoms with van der Waals surface area (Å²) in [6.45, 7) is 8.88. The third-order valence-electron chi connectivity index (χ3n) is 2.65. The molecule has 1 aromatic rings. The minimum atomic E-state index is 0.0653. The summed E-state index contributed by atoms with van der Waals surface area (Å²) >= 11 is 0. The first kappa shape index (κ1) is 13.7. The number of carbonyl (C=O) groups is 1. The molecule has 1 rings (SSSR count). The van der Waals surface area contributed by atoms with Crippen LogP contribution in [0.2, 0.25) is 0 Å². The third kappa shape index (κ3) is 4.57. The van der Waals surface area contributed by atoms with Crippen LogP contribution in [0.3, 0.4) is 0 Å². The van der Waals surface area contributed by atoms with Gasteiger partial charge in [0.1, 0.15) is 0 Å². The first-order valence-corrected chi connectivity index (χ1v) is 6.10. The number of hydrogen-bond acceptors (Lipinski definition) is 2. The van der Waals surface area contributed by atoms with E-state index in [1.165, 1.54) is 0 Å². The van der Waals surface area contributed by atoms with Crippen LogP contribution >= 0.6 is 0 Å². The first-order valence-electron chi connectivity index (χ1n) is 6.10. The molecule has 2 N–H and O–H groups in total. The Labute approximate surface area is 104 Å². The fourth-order valence-electron chi connectivity index (χ4n) is 1.69. The van der Waals surface area contributed by atoms with E-state index in [1.807, 2.05) is 32.0 Å². The Morgan fingerprint density at radius 2 is 1.82 bits per heavy atom. The van der Waals surface area contributed by atoms with Crippen molar-refractivity contribution in [2.24, 2.45) is 0 Å². The van der Waals surface area contributed by atoms with E-state index in [1.54, 1.807) is 0 Å². The molecule has 0 aliphatic rings. The van der Waals surface area contributed by atoms with Crippen molar-refractivity contribution >= 4 is 11.6 Å². The van der Waals surface area contributed by atoms with Crippen molar-refractivity contribution in [3.05, 3.63) is 29.3 Å². The second-order valence-corrected chi connectivity index (χ2v) is 4.67. The number of benzene rings is 1. The van der Waals surface area contributed by atoms with Gasteiger partial charge in [0, 0.05) is 24.7 Å². The molecule has 0 spiro atoms. The SMILES string of the molecule is Cc1cccc(C)c1NC(=O)CCNC(C)C. The van der Waals surface area contributed by atoms with E-state index in [2.05, 4.69) is 24.5 Å². The molecular weight excluding hydrogens is 212 g/mol. The maximum absolute atomic E-state index is 11.7. The van der Waals surface area contributed by atoms with Crippen LogP contribution in [0.25, 0.3) is 0 Å². The summed E-state index contributed by atoms with van der Waals surface area (Å²) in [5, 5.41) is 6.20. The highest BCUT2D eigenvalue weighted by Gasteiger charge is 2.06. The van der Waals surface area contributed by atoms with Gasteiger partial charge in [0.2, 0.25) is 5.91 Å². The molecule has 0 heterocycles. The van der Waals surface area contributed by atoms with Crippen LogP contribution in [-0.4, -0.2) is 18.5 Å². The summed E-state index contributed by atoms with van der Waals surface area (Å²) < 4.78 is 0. The molecule has 0 bridgehead atoms. The van der Waals surface area contributed by atoms with Crippen LogP contribution in [0.5, 0.6) is 0 Å². The Kier molecular flexibility index (Phi) is 5.16. The molecule has 0 aliphatic heterocycles. The molecule has 0 fully saturated rings. The molecule has 0 atom stereocenters. The van der Waals surface area contributed by atoms with Gasteiger partial charge < -0.3 is 10.6 Å². The lowest BCUT2D eigenvalue weighted by molar-refractivity contribution is -0.116. The predicted molar refractivity (Wildman–Crippen MR) is 72.3 cm³/mol. The predicted octanol–water partition coefficient (Wildman–Crippen LogP) is 2.63. The molecule has 3 heteroatoms. The zero-order chi connectivity index (χ0) is 12.8. The van der Waals surface area contributed by atoms with Gasteiger partial charge in [0.15, 0.2) is 0 Å². The van der Waals surface area contributed by atoms with Gasteiger partial charge in [-0.05, 0) is 25.0 Å². The quantitative estimate of drug-likeness (QED) is 0.822. The minimum absolute atomic E-state index is 0.0653. The molecular formula is C14H22N2O. The van der Waals surface area contributed by atoms with Crippen molar-refractivity contribution in [1.29, 1.82) is 0 Å². The molecule has 0 aliphatic carbocycles. The largest absolute Gasteiger partial charge is 0.326 e. The van der Waals surface area contributed by atoms with Crippen LogP contribution in [-0.2, 0) is 4.79 Å². The fourth-order valence-corrected chi connectivity index (χ4v) is 1.69. The van der Waals surface area contributed by atoms with E-state index in [4.69, 9.17) is 0 Å². The number of anilines is 1. The van der Waals surface area contributed by atoms with Crippen LogP contribution in [0.15, 0.2) is 18.2 Å². The molecule has 0 radical (unpaired) electrons. The second kappa shape index (κ2) is 6.40. The van der Waals surface area contributed by atoms with E-state index < -0.39 is 0 Å². The van der Waals surface area contributed by atoms with Crippen molar-refractivity contribution in [3.63, 3.8) is 0 Å². The van der Waals surface area contributed by atoms with Gasteiger partial charge in [-0.2, -0.15) is 0 Å². The van der Waals surface area contributed by atoms with Gasteiger partial charge in [0.25, 0.3) is 0 Å². The minimum Gasteiger partial charge on any atom is -0.326 e. The Morgan fingerprint density at radius 1 is 1.24 bits per heavy atom. The highest BCUT2D eigenvalue weighted by Crippen LogP contribution is 2.19. The highest BCUT2D eigenvalue weighted by atomic mass is 16.1. The highest BCUT2D eigenvalue weighted by molar-refractivity contribution is 5.92. The lowest BCUT2D eigenvalue weighted by atomic mass is 10.1. The number of hydrogen-bond donors (Lipinski definition) is 2. The van der Waals surface area contributed by atoms with E-state index in [0.29, 0.717) is 19.0 Å². The van der Waals surface area contributed by atoms with Crippen LogP contribution in [0.4, 0.5) is 5.69 Å². The van der Waals surface area contributed by atoms with E-state index in [0.717, 1.165) is 16.8 Å². The van der Waals surface area contributed by atoms with Crippen LogP contribution in [0, 0.1) is 13.8 Å². The molecule has 0 saturated heterocycles. The fraction of sp³-hybridized carbons (Fsp3) is 0.500. The lowest BCUT2D eigenvalue weighted by Crippen LogP contribution is -2.27. The van der Waals surface area contributed by atoms with E-state index in [9.17, 15) is 4.79 Å². The van der Waals surface area contributed by atoms with Crippen LogP contribution < -0.4 is 10.6 Å². The summed E-state index contributed by atoms with van der Waals surface area (Å²) in [4.78, 5) is 11.7. The lowest BCUT2D eigenvalue weighted by Gasteiger charge is -2.12. The van der Waals surface area contributed by atoms with Crippen molar-refractivity contribution in [1.82, 2.24) is 5.32 Å². The van der Waals surface area contributed by atoms with Gasteiger partial charge in [-0.25, -0.2) is 0 Å². The molecule has 0 aromatic heterocycles. The Hall–Kier alpha value is -1.35. The summed E-state index contributed by atoms with van der Waals surface area (Å²) in [6.07, 6.45) is 0.506. The maximum Gasteiger partial charge on any atom is 0.225 e. The third-order valence-corrected chi connectivity index (χ3v) is 2.65. The van der Waals surface area contributed by atoms with Crippen molar-refractivity contribution in [2.45, 2.75) is 40.2 Å². The number of aryl methyl sites for hydroxylation is 2. The maximum atomic E-state index is 11.7. The number of para-hydroxylation sites is 1. The number of amides is 1. The molecule has 1 aromatic carbocycles. The molecule has 0 saturated carbocycles. The van der Waals surface area contributed by atoms with Crippen molar-refractivity contribution < 1.29 is 4.79 Å². The zero-order valence-electron chi connectivity index (χ0n) is 11.1. The Morgan fingerprint density at radius 3 is 2.35 bits per heavy atom. The summed E-state index contributed by atoms with van der Waals surface area (Å²) in [5.41, 5.74) is 3.16. The topological polar surface area (TPSA) is 41.1 Å². The van der Waals surface area contributed by atoms with Crippen LogP contribution in [0.1, 0.15) is 31.4 Å². The molecule has 0 unspecified atom stereocenters. The summed E-state index contributed by atoms with van der Waals surface area (Å²) in [5.74, 6) is 0.0653. The molecule has 94 valence electrons. The number of nitrogens with one attached hydrogen (secondary N) is 2. The van der Waals surface area contributed by atoms with Gasteiger partial charge in [-0.1, -0.05) is 32.0 Å². The van der Waals surface area contributed by atoms with E-state index >= 15 is 0 Å². The summed E-state index contributed by atoms with van der Waals surface area (Å²) in [7, 11) is 0. The number of carbonyl (C=O) groups excluding carboxylic acids is 1. The average Bonchev–Trinajstić information content (AvgIpc) is 2.23. The Bertz CT molecular complexity index is 366. The van der Waals surface area contributed by atoms with Gasteiger partial charge in [-0.3, -0.25) is 4.79 Å². The Balaban J connectivity index is 2.51. The molecule has 1 amide bonds. The molecule has 17 heavy (non-hydrogen) atoms. The average molecular weight is 234 g/mol.